The number of hydrogen-bond acceptors (Lipinski definition) is 3. The molecule has 1 N–H and O–H groups in total. The van der Waals surface area contributed by atoms with Crippen molar-refractivity contribution >= 4 is 21.8 Å². The molecule has 0 saturated carbocycles. The van der Waals surface area contributed by atoms with E-state index in [0.717, 1.165) is 30.4 Å². The highest BCUT2D eigenvalue weighted by Crippen LogP contribution is 2.11. The predicted molar refractivity (Wildman–Crippen MR) is 81.7 cm³/mol. The SMILES string of the molecule is CN[C@H]1CCCN(C(=O)CCn2cc(Br)ccc2=O)C1. The minimum Gasteiger partial charge on any atom is -0.341 e. The minimum atomic E-state index is -0.0762. The molecular weight excluding hydrogens is 322 g/mol. The number of piperidine rings is 1. The van der Waals surface area contributed by atoms with Crippen molar-refractivity contribution in [3.05, 3.63) is 33.2 Å². The molecule has 110 valence electrons. The van der Waals surface area contributed by atoms with E-state index in [1.165, 1.54) is 6.07 Å². The molecule has 0 aliphatic carbocycles. The van der Waals surface area contributed by atoms with Gasteiger partial charge in [0.1, 0.15) is 0 Å². The molecule has 2 rings (SSSR count). The van der Waals surface area contributed by atoms with Gasteiger partial charge in [-0.3, -0.25) is 9.59 Å². The van der Waals surface area contributed by atoms with Crippen LogP contribution in [0.3, 0.4) is 0 Å². The van der Waals surface area contributed by atoms with Gasteiger partial charge in [-0.25, -0.2) is 0 Å². The van der Waals surface area contributed by atoms with Gasteiger partial charge in [-0.1, -0.05) is 0 Å². The maximum atomic E-state index is 12.2. The second-order valence-corrected chi connectivity index (χ2v) is 6.01. The molecule has 0 bridgehead atoms. The standard InChI is InChI=1S/C14H20BrN3O2/c1-16-12-3-2-7-17(10-12)14(20)6-8-18-9-11(15)4-5-13(18)19/h4-5,9,12,16H,2-3,6-8,10H2,1H3/t12-/m0/s1. The Morgan fingerprint density at radius 1 is 1.50 bits per heavy atom. The molecular formula is C14H20BrN3O2. The lowest BCUT2D eigenvalue weighted by atomic mass is 10.1. The van der Waals surface area contributed by atoms with E-state index >= 15 is 0 Å². The number of pyridine rings is 1. The summed E-state index contributed by atoms with van der Waals surface area (Å²) in [7, 11) is 1.93. The quantitative estimate of drug-likeness (QED) is 0.895. The highest BCUT2D eigenvalue weighted by atomic mass is 79.9. The molecule has 1 atom stereocenters. The number of carbonyl (C=O) groups is 1. The summed E-state index contributed by atoms with van der Waals surface area (Å²) >= 11 is 3.33. The molecule has 1 aliphatic heterocycles. The maximum Gasteiger partial charge on any atom is 0.250 e. The van der Waals surface area contributed by atoms with E-state index in [4.69, 9.17) is 0 Å². The molecule has 1 aromatic heterocycles. The van der Waals surface area contributed by atoms with Gasteiger partial charge in [0, 0.05) is 48.8 Å². The Kier molecular flexibility index (Phi) is 5.37. The average molecular weight is 342 g/mol. The van der Waals surface area contributed by atoms with Gasteiger partial charge in [0.15, 0.2) is 0 Å². The van der Waals surface area contributed by atoms with E-state index in [2.05, 4.69) is 21.2 Å². The van der Waals surface area contributed by atoms with Crippen LogP contribution in [-0.4, -0.2) is 41.6 Å². The van der Waals surface area contributed by atoms with Gasteiger partial charge < -0.3 is 14.8 Å². The first-order valence-electron chi connectivity index (χ1n) is 6.91. The summed E-state index contributed by atoms with van der Waals surface area (Å²) in [5.41, 5.74) is -0.0762. The molecule has 1 aromatic rings. The number of carbonyl (C=O) groups excluding carboxylic acids is 1. The van der Waals surface area contributed by atoms with Crippen molar-refractivity contribution in [1.82, 2.24) is 14.8 Å². The Hall–Kier alpha value is -1.14. The Labute approximate surface area is 127 Å². The number of aromatic nitrogens is 1. The fraction of sp³-hybridized carbons (Fsp3) is 0.571. The summed E-state index contributed by atoms with van der Waals surface area (Å²) < 4.78 is 2.42. The van der Waals surface area contributed by atoms with Crippen molar-refractivity contribution in [3.63, 3.8) is 0 Å². The van der Waals surface area contributed by atoms with Crippen molar-refractivity contribution in [2.45, 2.75) is 31.8 Å². The number of aryl methyl sites for hydroxylation is 1. The normalized spacial score (nSPS) is 19.1. The zero-order valence-corrected chi connectivity index (χ0v) is 13.2. The predicted octanol–water partition coefficient (Wildman–Crippen LogP) is 1.21. The molecule has 1 amide bonds. The number of amides is 1. The number of nitrogens with one attached hydrogen (secondary N) is 1. The van der Waals surface area contributed by atoms with Crippen LogP contribution in [0.1, 0.15) is 19.3 Å². The molecule has 6 heteroatoms. The van der Waals surface area contributed by atoms with E-state index in [0.29, 0.717) is 19.0 Å². The second-order valence-electron chi connectivity index (χ2n) is 5.10. The number of halogens is 1. The number of nitrogens with zero attached hydrogens (tertiary/aromatic N) is 2. The summed E-state index contributed by atoms with van der Waals surface area (Å²) in [6, 6.07) is 3.61. The molecule has 1 fully saturated rings. The monoisotopic (exact) mass is 341 g/mol. The van der Waals surface area contributed by atoms with E-state index in [1.807, 2.05) is 11.9 Å². The molecule has 0 spiro atoms. The Morgan fingerprint density at radius 3 is 3.05 bits per heavy atom. The first-order chi connectivity index (χ1) is 9.60. The first kappa shape index (κ1) is 15.3. The fourth-order valence-electron chi connectivity index (χ4n) is 2.49. The lowest BCUT2D eigenvalue weighted by molar-refractivity contribution is -0.132. The van der Waals surface area contributed by atoms with Crippen LogP contribution in [-0.2, 0) is 11.3 Å². The zero-order chi connectivity index (χ0) is 14.5. The van der Waals surface area contributed by atoms with Gasteiger partial charge in [-0.2, -0.15) is 0 Å². The van der Waals surface area contributed by atoms with Crippen molar-refractivity contribution < 1.29 is 4.79 Å². The molecule has 0 unspecified atom stereocenters. The van der Waals surface area contributed by atoms with Gasteiger partial charge in [0.25, 0.3) is 5.56 Å². The Balaban J connectivity index is 1.91. The lowest BCUT2D eigenvalue weighted by Crippen LogP contribution is -2.47. The summed E-state index contributed by atoms with van der Waals surface area (Å²) in [5, 5.41) is 3.22. The van der Waals surface area contributed by atoms with Crippen LogP contribution in [0.4, 0.5) is 0 Å². The Morgan fingerprint density at radius 2 is 2.30 bits per heavy atom. The van der Waals surface area contributed by atoms with Gasteiger partial charge in [-0.05, 0) is 41.9 Å². The fourth-order valence-corrected chi connectivity index (χ4v) is 2.87. The molecule has 0 radical (unpaired) electrons. The first-order valence-corrected chi connectivity index (χ1v) is 7.70. The molecule has 5 nitrogen and oxygen atoms in total. The molecule has 20 heavy (non-hydrogen) atoms. The number of likely N-dealkylation sites (tertiary alicyclic amines) is 1. The van der Waals surface area contributed by atoms with Crippen molar-refractivity contribution in [2.24, 2.45) is 0 Å². The molecule has 1 saturated heterocycles. The molecule has 2 heterocycles. The summed E-state index contributed by atoms with van der Waals surface area (Å²) in [4.78, 5) is 25.8. The summed E-state index contributed by atoms with van der Waals surface area (Å²) in [6.45, 7) is 2.02. The summed E-state index contributed by atoms with van der Waals surface area (Å²) in [6.07, 6.45) is 4.24. The van der Waals surface area contributed by atoms with Gasteiger partial charge in [-0.15, -0.1) is 0 Å². The van der Waals surface area contributed by atoms with Crippen LogP contribution in [0, 0.1) is 0 Å². The lowest BCUT2D eigenvalue weighted by Gasteiger charge is -2.32. The largest absolute Gasteiger partial charge is 0.341 e. The van der Waals surface area contributed by atoms with Crippen LogP contribution in [0.25, 0.3) is 0 Å². The van der Waals surface area contributed by atoms with Crippen LogP contribution >= 0.6 is 15.9 Å². The summed E-state index contributed by atoms with van der Waals surface area (Å²) in [5.74, 6) is 0.122. The van der Waals surface area contributed by atoms with Gasteiger partial charge in [0.2, 0.25) is 5.91 Å². The smallest absolute Gasteiger partial charge is 0.250 e. The highest BCUT2D eigenvalue weighted by molar-refractivity contribution is 9.10. The van der Waals surface area contributed by atoms with E-state index < -0.39 is 0 Å². The van der Waals surface area contributed by atoms with Crippen LogP contribution in [0.5, 0.6) is 0 Å². The topological polar surface area (TPSA) is 54.3 Å². The second kappa shape index (κ2) is 7.04. The van der Waals surface area contributed by atoms with Crippen LogP contribution in [0.2, 0.25) is 0 Å². The van der Waals surface area contributed by atoms with Crippen LogP contribution < -0.4 is 10.9 Å². The zero-order valence-electron chi connectivity index (χ0n) is 11.6. The van der Waals surface area contributed by atoms with E-state index in [1.54, 1.807) is 16.8 Å². The van der Waals surface area contributed by atoms with Crippen molar-refractivity contribution in [1.29, 1.82) is 0 Å². The van der Waals surface area contributed by atoms with Gasteiger partial charge in [0.05, 0.1) is 0 Å². The van der Waals surface area contributed by atoms with E-state index in [9.17, 15) is 9.59 Å². The number of likely N-dealkylation sites (N-methyl/N-ethyl adjacent to an activating group) is 1. The van der Waals surface area contributed by atoms with E-state index in [-0.39, 0.29) is 11.5 Å². The average Bonchev–Trinajstić information content (AvgIpc) is 2.48. The third-order valence-electron chi connectivity index (χ3n) is 3.70. The molecule has 0 aromatic carbocycles. The van der Waals surface area contributed by atoms with Gasteiger partial charge >= 0.3 is 0 Å². The molecule has 1 aliphatic rings. The third-order valence-corrected chi connectivity index (χ3v) is 4.17. The highest BCUT2D eigenvalue weighted by Gasteiger charge is 2.22. The number of hydrogen-bond donors (Lipinski definition) is 1. The van der Waals surface area contributed by atoms with Crippen molar-refractivity contribution in [3.8, 4) is 0 Å². The minimum absolute atomic E-state index is 0.0762. The third kappa shape index (κ3) is 3.93. The maximum absolute atomic E-state index is 12.2. The van der Waals surface area contributed by atoms with Crippen molar-refractivity contribution in [2.75, 3.05) is 20.1 Å². The Bertz CT molecular complexity index is 529. The van der Waals surface area contributed by atoms with Crippen LogP contribution in [0.15, 0.2) is 27.6 Å². The number of rotatable bonds is 4.